The van der Waals surface area contributed by atoms with Crippen LogP contribution >= 0.6 is 0 Å². The van der Waals surface area contributed by atoms with Gasteiger partial charge in [-0.2, -0.15) is 0 Å². The van der Waals surface area contributed by atoms with E-state index < -0.39 is 0 Å². The first-order valence-corrected chi connectivity index (χ1v) is 8.76. The molecule has 2 rings (SSSR count). The standard InChI is InChI=1S/C17H30N2O3/c1-13(2)22-11-5-10-18-17(21)14-8-9-16(20)19(12-14)15-6-3-4-7-15/h13-15H,3-12H2,1-2H3,(H,18,21)/t14-/m1/s1. The van der Waals surface area contributed by atoms with Crippen LogP contribution in [0.3, 0.4) is 0 Å². The van der Waals surface area contributed by atoms with Crippen LogP contribution in [-0.4, -0.2) is 48.6 Å². The van der Waals surface area contributed by atoms with E-state index in [0.29, 0.717) is 38.6 Å². The molecule has 2 aliphatic rings. The molecule has 0 aromatic rings. The van der Waals surface area contributed by atoms with Crippen LogP contribution in [0.25, 0.3) is 0 Å². The van der Waals surface area contributed by atoms with Crippen molar-refractivity contribution in [2.24, 2.45) is 5.92 Å². The van der Waals surface area contributed by atoms with Crippen LogP contribution in [0.1, 0.15) is 58.8 Å². The summed E-state index contributed by atoms with van der Waals surface area (Å²) in [5.74, 6) is 0.297. The van der Waals surface area contributed by atoms with Gasteiger partial charge in [-0.05, 0) is 39.5 Å². The number of piperidine rings is 1. The van der Waals surface area contributed by atoms with Crippen molar-refractivity contribution in [1.82, 2.24) is 10.2 Å². The summed E-state index contributed by atoms with van der Waals surface area (Å²) >= 11 is 0. The molecule has 1 aliphatic heterocycles. The average molecular weight is 310 g/mol. The van der Waals surface area contributed by atoms with Gasteiger partial charge in [0.15, 0.2) is 0 Å². The molecule has 1 atom stereocenters. The van der Waals surface area contributed by atoms with Gasteiger partial charge < -0.3 is 15.0 Å². The number of hydrogen-bond donors (Lipinski definition) is 1. The third-order valence-corrected chi connectivity index (χ3v) is 4.65. The van der Waals surface area contributed by atoms with Crippen molar-refractivity contribution >= 4 is 11.8 Å². The third kappa shape index (κ3) is 4.97. The van der Waals surface area contributed by atoms with E-state index >= 15 is 0 Å². The molecule has 1 aliphatic carbocycles. The molecular weight excluding hydrogens is 280 g/mol. The Morgan fingerprint density at radius 3 is 2.73 bits per heavy atom. The molecular formula is C17H30N2O3. The maximum absolute atomic E-state index is 12.3. The predicted octanol–water partition coefficient (Wildman–Crippen LogP) is 2.10. The zero-order valence-corrected chi connectivity index (χ0v) is 14.0. The molecule has 1 heterocycles. The smallest absolute Gasteiger partial charge is 0.224 e. The summed E-state index contributed by atoms with van der Waals surface area (Å²) in [5.41, 5.74) is 0. The molecule has 0 radical (unpaired) electrons. The van der Waals surface area contributed by atoms with Gasteiger partial charge in [0.2, 0.25) is 11.8 Å². The van der Waals surface area contributed by atoms with Crippen molar-refractivity contribution in [3.63, 3.8) is 0 Å². The Morgan fingerprint density at radius 1 is 1.32 bits per heavy atom. The topological polar surface area (TPSA) is 58.6 Å². The summed E-state index contributed by atoms with van der Waals surface area (Å²) in [6.45, 7) is 5.96. The molecule has 5 nitrogen and oxygen atoms in total. The van der Waals surface area contributed by atoms with E-state index in [4.69, 9.17) is 4.74 Å². The highest BCUT2D eigenvalue weighted by Crippen LogP contribution is 2.28. The Bertz CT molecular complexity index is 378. The number of nitrogens with zero attached hydrogens (tertiary/aromatic N) is 1. The number of nitrogens with one attached hydrogen (secondary N) is 1. The van der Waals surface area contributed by atoms with Gasteiger partial charge in [-0.1, -0.05) is 12.8 Å². The highest BCUT2D eigenvalue weighted by Gasteiger charge is 2.34. The molecule has 1 N–H and O–H groups in total. The second-order valence-corrected chi connectivity index (χ2v) is 6.78. The van der Waals surface area contributed by atoms with Crippen LogP contribution < -0.4 is 5.32 Å². The summed E-state index contributed by atoms with van der Waals surface area (Å²) in [7, 11) is 0. The van der Waals surface area contributed by atoms with E-state index in [1.165, 1.54) is 12.8 Å². The molecule has 126 valence electrons. The number of carbonyl (C=O) groups excluding carboxylic acids is 2. The van der Waals surface area contributed by atoms with Crippen molar-refractivity contribution < 1.29 is 14.3 Å². The Balaban J connectivity index is 1.72. The largest absolute Gasteiger partial charge is 0.379 e. The van der Waals surface area contributed by atoms with E-state index in [2.05, 4.69) is 5.32 Å². The molecule has 1 saturated carbocycles. The molecule has 2 amide bonds. The average Bonchev–Trinajstić information content (AvgIpc) is 3.01. The number of rotatable bonds is 7. The SMILES string of the molecule is CC(C)OCCCNC(=O)[C@@H]1CCC(=O)N(C2CCCC2)C1. The van der Waals surface area contributed by atoms with E-state index in [9.17, 15) is 9.59 Å². The third-order valence-electron chi connectivity index (χ3n) is 4.65. The number of likely N-dealkylation sites (tertiary alicyclic amines) is 1. The second-order valence-electron chi connectivity index (χ2n) is 6.78. The molecule has 0 bridgehead atoms. The zero-order chi connectivity index (χ0) is 15.9. The maximum Gasteiger partial charge on any atom is 0.224 e. The van der Waals surface area contributed by atoms with Crippen LogP contribution in [0.2, 0.25) is 0 Å². The lowest BCUT2D eigenvalue weighted by atomic mass is 9.95. The lowest BCUT2D eigenvalue weighted by Crippen LogP contribution is -2.49. The second kappa shape index (κ2) is 8.51. The lowest BCUT2D eigenvalue weighted by molar-refractivity contribution is -0.140. The molecule has 5 heteroatoms. The summed E-state index contributed by atoms with van der Waals surface area (Å²) in [4.78, 5) is 26.3. The molecule has 22 heavy (non-hydrogen) atoms. The number of amides is 2. The van der Waals surface area contributed by atoms with Gasteiger partial charge in [-0.15, -0.1) is 0 Å². The van der Waals surface area contributed by atoms with Gasteiger partial charge in [0.05, 0.1) is 12.0 Å². The highest BCUT2D eigenvalue weighted by molar-refractivity contribution is 5.84. The predicted molar refractivity (Wildman–Crippen MR) is 85.4 cm³/mol. The minimum atomic E-state index is -0.0377. The van der Waals surface area contributed by atoms with Gasteiger partial charge in [0.25, 0.3) is 0 Å². The summed E-state index contributed by atoms with van der Waals surface area (Å²) < 4.78 is 5.46. The molecule has 2 fully saturated rings. The summed E-state index contributed by atoms with van der Waals surface area (Å²) in [6.07, 6.45) is 6.91. The van der Waals surface area contributed by atoms with Gasteiger partial charge in [0, 0.05) is 32.2 Å². The van der Waals surface area contributed by atoms with Crippen LogP contribution in [-0.2, 0) is 14.3 Å². The van der Waals surface area contributed by atoms with Crippen molar-refractivity contribution in [2.45, 2.75) is 70.9 Å². The molecule has 0 unspecified atom stereocenters. The molecule has 0 aromatic carbocycles. The van der Waals surface area contributed by atoms with Crippen LogP contribution in [0, 0.1) is 5.92 Å². The highest BCUT2D eigenvalue weighted by atomic mass is 16.5. The minimum absolute atomic E-state index is 0.0377. The van der Waals surface area contributed by atoms with E-state index in [-0.39, 0.29) is 23.8 Å². The summed E-state index contributed by atoms with van der Waals surface area (Å²) in [5, 5.41) is 3.00. The Hall–Kier alpha value is -1.10. The van der Waals surface area contributed by atoms with Crippen LogP contribution in [0.15, 0.2) is 0 Å². The van der Waals surface area contributed by atoms with Crippen molar-refractivity contribution in [3.8, 4) is 0 Å². The fraction of sp³-hybridized carbons (Fsp3) is 0.882. The van der Waals surface area contributed by atoms with Crippen LogP contribution in [0.5, 0.6) is 0 Å². The number of carbonyl (C=O) groups is 2. The van der Waals surface area contributed by atoms with Crippen LogP contribution in [0.4, 0.5) is 0 Å². The fourth-order valence-electron chi connectivity index (χ4n) is 3.40. The van der Waals surface area contributed by atoms with Gasteiger partial charge in [-0.3, -0.25) is 9.59 Å². The van der Waals surface area contributed by atoms with Crippen molar-refractivity contribution in [2.75, 3.05) is 19.7 Å². The van der Waals surface area contributed by atoms with E-state index in [1.807, 2.05) is 18.7 Å². The zero-order valence-electron chi connectivity index (χ0n) is 14.0. The normalized spacial score (nSPS) is 23.3. The quantitative estimate of drug-likeness (QED) is 0.733. The minimum Gasteiger partial charge on any atom is -0.379 e. The Kier molecular flexibility index (Phi) is 6.68. The van der Waals surface area contributed by atoms with Crippen molar-refractivity contribution in [1.29, 1.82) is 0 Å². The van der Waals surface area contributed by atoms with E-state index in [1.54, 1.807) is 0 Å². The first-order valence-electron chi connectivity index (χ1n) is 8.76. The van der Waals surface area contributed by atoms with Crippen molar-refractivity contribution in [3.05, 3.63) is 0 Å². The first-order chi connectivity index (χ1) is 10.6. The lowest BCUT2D eigenvalue weighted by Gasteiger charge is -2.36. The Labute approximate surface area is 133 Å². The number of hydrogen-bond acceptors (Lipinski definition) is 3. The van der Waals surface area contributed by atoms with Gasteiger partial charge >= 0.3 is 0 Å². The molecule has 0 spiro atoms. The Morgan fingerprint density at radius 2 is 2.05 bits per heavy atom. The first kappa shape index (κ1) is 17.3. The van der Waals surface area contributed by atoms with E-state index in [0.717, 1.165) is 19.3 Å². The van der Waals surface area contributed by atoms with Gasteiger partial charge in [0.1, 0.15) is 0 Å². The molecule has 1 saturated heterocycles. The fourth-order valence-corrected chi connectivity index (χ4v) is 3.40. The number of ether oxygens (including phenoxy) is 1. The monoisotopic (exact) mass is 310 g/mol. The van der Waals surface area contributed by atoms with Gasteiger partial charge in [-0.25, -0.2) is 0 Å². The molecule has 0 aromatic heterocycles. The summed E-state index contributed by atoms with van der Waals surface area (Å²) in [6, 6.07) is 0.377. The maximum atomic E-state index is 12.3.